The molecule has 1 aliphatic rings. The number of hydrogen-bond donors (Lipinski definition) is 2. The van der Waals surface area contributed by atoms with Crippen molar-refractivity contribution >= 4 is 11.0 Å². The predicted molar refractivity (Wildman–Crippen MR) is 75.4 cm³/mol. The Morgan fingerprint density at radius 2 is 2.16 bits per heavy atom. The first-order valence-corrected chi connectivity index (χ1v) is 6.89. The number of rotatable bonds is 4. The summed E-state index contributed by atoms with van der Waals surface area (Å²) in [6.45, 7) is 7.87. The predicted octanol–water partition coefficient (Wildman–Crippen LogP) is 1.37. The van der Waals surface area contributed by atoms with E-state index >= 15 is 0 Å². The van der Waals surface area contributed by atoms with E-state index in [1.165, 1.54) is 0 Å². The van der Waals surface area contributed by atoms with E-state index in [2.05, 4.69) is 20.2 Å². The van der Waals surface area contributed by atoms with Crippen LogP contribution >= 0.6 is 0 Å². The van der Waals surface area contributed by atoms with E-state index in [0.29, 0.717) is 6.61 Å². The summed E-state index contributed by atoms with van der Waals surface area (Å²) in [7, 11) is 0. The Balaban J connectivity index is 1.76. The first-order chi connectivity index (χ1) is 9.35. The van der Waals surface area contributed by atoms with Crippen LogP contribution in [-0.2, 0) is 6.54 Å². The monoisotopic (exact) mass is 260 g/mol. The number of imidazole rings is 1. The second kappa shape index (κ2) is 5.59. The Hall–Kier alpha value is -1.59. The van der Waals surface area contributed by atoms with E-state index in [-0.39, 0.29) is 0 Å². The molecule has 1 aromatic heterocycles. The molecule has 5 nitrogen and oxygen atoms in total. The third-order valence-electron chi connectivity index (χ3n) is 3.40. The second-order valence-electron chi connectivity index (χ2n) is 4.82. The van der Waals surface area contributed by atoms with Gasteiger partial charge < -0.3 is 15.0 Å². The summed E-state index contributed by atoms with van der Waals surface area (Å²) in [6.07, 6.45) is 0. The largest absolute Gasteiger partial charge is 0.494 e. The maximum Gasteiger partial charge on any atom is 0.121 e. The lowest BCUT2D eigenvalue weighted by Gasteiger charge is -2.26. The molecule has 2 heterocycles. The fourth-order valence-electron chi connectivity index (χ4n) is 2.45. The molecule has 2 aromatic rings. The number of fused-ring (bicyclic) bond motifs is 1. The first-order valence-electron chi connectivity index (χ1n) is 6.89. The molecule has 102 valence electrons. The number of nitrogens with one attached hydrogen (secondary N) is 2. The molecule has 0 radical (unpaired) electrons. The average Bonchev–Trinajstić information content (AvgIpc) is 2.82. The first kappa shape index (κ1) is 12.4. The van der Waals surface area contributed by atoms with Gasteiger partial charge in [-0.25, -0.2) is 4.98 Å². The van der Waals surface area contributed by atoms with E-state index in [1.54, 1.807) is 0 Å². The normalized spacial score (nSPS) is 16.9. The number of hydrogen-bond acceptors (Lipinski definition) is 4. The molecular formula is C14H20N4O. The summed E-state index contributed by atoms with van der Waals surface area (Å²) in [5, 5.41) is 3.36. The third-order valence-corrected chi connectivity index (χ3v) is 3.40. The van der Waals surface area contributed by atoms with Gasteiger partial charge in [-0.2, -0.15) is 0 Å². The molecule has 0 bridgehead atoms. The van der Waals surface area contributed by atoms with Crippen molar-refractivity contribution in [2.24, 2.45) is 0 Å². The zero-order chi connectivity index (χ0) is 13.1. The number of piperazine rings is 1. The van der Waals surface area contributed by atoms with Gasteiger partial charge in [-0.05, 0) is 19.1 Å². The molecule has 0 atom stereocenters. The highest BCUT2D eigenvalue weighted by Crippen LogP contribution is 2.19. The van der Waals surface area contributed by atoms with Gasteiger partial charge in [0.15, 0.2) is 0 Å². The number of aromatic nitrogens is 2. The summed E-state index contributed by atoms with van der Waals surface area (Å²) in [5.41, 5.74) is 2.06. The molecule has 5 heteroatoms. The molecule has 1 fully saturated rings. The summed E-state index contributed by atoms with van der Waals surface area (Å²) < 4.78 is 5.51. The van der Waals surface area contributed by atoms with Gasteiger partial charge in [0, 0.05) is 32.2 Å². The van der Waals surface area contributed by atoms with Gasteiger partial charge in [-0.1, -0.05) is 0 Å². The van der Waals surface area contributed by atoms with E-state index in [9.17, 15) is 0 Å². The molecule has 1 saturated heterocycles. The Kier molecular flexibility index (Phi) is 3.66. The van der Waals surface area contributed by atoms with Gasteiger partial charge in [0.2, 0.25) is 0 Å². The summed E-state index contributed by atoms with van der Waals surface area (Å²) >= 11 is 0. The Morgan fingerprint density at radius 3 is 2.95 bits per heavy atom. The number of benzene rings is 1. The number of aromatic amines is 1. The van der Waals surface area contributed by atoms with Crippen molar-refractivity contribution in [3.8, 4) is 5.75 Å². The second-order valence-corrected chi connectivity index (χ2v) is 4.82. The maximum atomic E-state index is 5.51. The molecular weight excluding hydrogens is 240 g/mol. The minimum atomic E-state index is 0.688. The van der Waals surface area contributed by atoms with Crippen molar-refractivity contribution in [3.05, 3.63) is 24.0 Å². The van der Waals surface area contributed by atoms with Crippen LogP contribution in [0.15, 0.2) is 18.2 Å². The van der Waals surface area contributed by atoms with Gasteiger partial charge in [0.1, 0.15) is 11.6 Å². The van der Waals surface area contributed by atoms with Crippen molar-refractivity contribution in [1.82, 2.24) is 20.2 Å². The highest BCUT2D eigenvalue weighted by Gasteiger charge is 2.12. The molecule has 3 rings (SSSR count). The molecule has 19 heavy (non-hydrogen) atoms. The van der Waals surface area contributed by atoms with Crippen molar-refractivity contribution in [2.75, 3.05) is 32.8 Å². The van der Waals surface area contributed by atoms with E-state index in [0.717, 1.165) is 55.3 Å². The zero-order valence-electron chi connectivity index (χ0n) is 11.3. The van der Waals surface area contributed by atoms with Crippen LogP contribution in [0.1, 0.15) is 12.7 Å². The molecule has 0 saturated carbocycles. The Morgan fingerprint density at radius 1 is 1.32 bits per heavy atom. The Bertz CT molecular complexity index is 545. The van der Waals surface area contributed by atoms with Crippen LogP contribution in [0, 0.1) is 0 Å². The van der Waals surface area contributed by atoms with E-state index in [1.807, 2.05) is 25.1 Å². The van der Waals surface area contributed by atoms with Crippen LogP contribution < -0.4 is 10.1 Å². The van der Waals surface area contributed by atoms with Crippen LogP contribution in [0.3, 0.4) is 0 Å². The minimum absolute atomic E-state index is 0.688. The highest BCUT2D eigenvalue weighted by atomic mass is 16.5. The van der Waals surface area contributed by atoms with Crippen molar-refractivity contribution in [1.29, 1.82) is 0 Å². The maximum absolute atomic E-state index is 5.51. The molecule has 2 N–H and O–H groups in total. The number of H-pyrrole nitrogens is 1. The fraction of sp³-hybridized carbons (Fsp3) is 0.500. The fourth-order valence-corrected chi connectivity index (χ4v) is 2.45. The third kappa shape index (κ3) is 2.88. The van der Waals surface area contributed by atoms with Gasteiger partial charge in [-0.15, -0.1) is 0 Å². The number of ether oxygens (including phenoxy) is 1. The quantitative estimate of drug-likeness (QED) is 0.871. The molecule has 1 aromatic carbocycles. The zero-order valence-corrected chi connectivity index (χ0v) is 11.3. The van der Waals surface area contributed by atoms with Crippen LogP contribution in [0.2, 0.25) is 0 Å². The van der Waals surface area contributed by atoms with Crippen LogP contribution in [0.25, 0.3) is 11.0 Å². The van der Waals surface area contributed by atoms with Crippen molar-refractivity contribution < 1.29 is 4.74 Å². The summed E-state index contributed by atoms with van der Waals surface area (Å²) in [6, 6.07) is 6.01. The van der Waals surface area contributed by atoms with Gasteiger partial charge >= 0.3 is 0 Å². The van der Waals surface area contributed by atoms with Gasteiger partial charge in [-0.3, -0.25) is 4.90 Å². The van der Waals surface area contributed by atoms with E-state index in [4.69, 9.17) is 4.74 Å². The lowest BCUT2D eigenvalue weighted by atomic mass is 10.3. The molecule has 0 spiro atoms. The average molecular weight is 260 g/mol. The molecule has 0 unspecified atom stereocenters. The molecule has 1 aliphatic heterocycles. The standard InChI is InChI=1S/C14H20N4O/c1-2-19-11-3-4-12-13(9-11)17-14(16-12)10-18-7-5-15-6-8-18/h3-4,9,15H,2,5-8,10H2,1H3,(H,16,17). The number of nitrogens with zero attached hydrogens (tertiary/aromatic N) is 2. The lowest BCUT2D eigenvalue weighted by Crippen LogP contribution is -2.43. The van der Waals surface area contributed by atoms with Gasteiger partial charge in [0.05, 0.1) is 24.2 Å². The topological polar surface area (TPSA) is 53.2 Å². The smallest absolute Gasteiger partial charge is 0.121 e. The van der Waals surface area contributed by atoms with Crippen LogP contribution in [0.4, 0.5) is 0 Å². The van der Waals surface area contributed by atoms with Crippen molar-refractivity contribution in [2.45, 2.75) is 13.5 Å². The molecule has 0 amide bonds. The highest BCUT2D eigenvalue weighted by molar-refractivity contribution is 5.76. The lowest BCUT2D eigenvalue weighted by molar-refractivity contribution is 0.229. The Labute approximate surface area is 113 Å². The summed E-state index contributed by atoms with van der Waals surface area (Å²) in [5.74, 6) is 1.93. The van der Waals surface area contributed by atoms with Crippen LogP contribution in [-0.4, -0.2) is 47.7 Å². The SMILES string of the molecule is CCOc1ccc2nc(CN3CCNCC3)[nH]c2c1. The van der Waals surface area contributed by atoms with Gasteiger partial charge in [0.25, 0.3) is 0 Å². The molecule has 0 aliphatic carbocycles. The summed E-state index contributed by atoms with van der Waals surface area (Å²) in [4.78, 5) is 10.4. The van der Waals surface area contributed by atoms with Crippen LogP contribution in [0.5, 0.6) is 5.75 Å². The van der Waals surface area contributed by atoms with Crippen molar-refractivity contribution in [3.63, 3.8) is 0 Å². The van der Waals surface area contributed by atoms with E-state index < -0.39 is 0 Å². The minimum Gasteiger partial charge on any atom is -0.494 e.